The molecule has 0 aliphatic heterocycles. The van der Waals surface area contributed by atoms with Crippen LogP contribution in [0.3, 0.4) is 0 Å². The molecule has 0 N–H and O–H groups in total. The molecule has 0 radical (unpaired) electrons. The summed E-state index contributed by atoms with van der Waals surface area (Å²) in [5.41, 5.74) is 1.03. The van der Waals surface area contributed by atoms with Crippen molar-refractivity contribution in [2.45, 2.75) is 0 Å². The molecule has 1 aromatic rings. The third kappa shape index (κ3) is 3.78. The van der Waals surface area contributed by atoms with Crippen LogP contribution in [-0.2, 0) is 15.1 Å². The summed E-state index contributed by atoms with van der Waals surface area (Å²) in [7, 11) is 6.24. The van der Waals surface area contributed by atoms with Crippen molar-refractivity contribution in [3.63, 3.8) is 0 Å². The van der Waals surface area contributed by atoms with E-state index < -0.39 is 0 Å². The second-order valence-corrected chi connectivity index (χ2v) is 1.56. The Kier molecular flexibility index (Phi) is 6.82. The van der Waals surface area contributed by atoms with Crippen molar-refractivity contribution >= 4 is 15.8 Å². The van der Waals surface area contributed by atoms with Crippen LogP contribution in [0.2, 0.25) is 0 Å². The Balaban J connectivity index is 0.000000371. The maximum absolute atomic E-state index is 4.45. The van der Waals surface area contributed by atoms with Crippen molar-refractivity contribution in [2.24, 2.45) is 0 Å². The van der Waals surface area contributed by atoms with Gasteiger partial charge >= 0.3 is 25.2 Å². The summed E-state index contributed by atoms with van der Waals surface area (Å²) in [6.45, 7) is 0. The SMILES string of the molecule is C[N-]c1ccccc1.[Cl][Mn+]. The minimum absolute atomic E-state index is 1.03. The van der Waals surface area contributed by atoms with Gasteiger partial charge in [-0.2, -0.15) is 0 Å². The molecule has 1 aromatic carbocycles. The molecule has 0 amide bonds. The standard InChI is InChI=1S/C7H8N.ClH.Mn/c1-8-7-5-3-2-4-6-7;;/h2-6H,1H3;1H;/q-1;;+2/p-1. The number of para-hydroxylation sites is 1. The zero-order chi connectivity index (χ0) is 7.82. The van der Waals surface area contributed by atoms with Crippen molar-refractivity contribution in [1.82, 2.24) is 0 Å². The van der Waals surface area contributed by atoms with Gasteiger partial charge in [0.2, 0.25) is 0 Å². The van der Waals surface area contributed by atoms with Gasteiger partial charge in [0.25, 0.3) is 0 Å². The molecule has 55 valence electrons. The fourth-order valence-corrected chi connectivity index (χ4v) is 0.577. The summed E-state index contributed by atoms with van der Waals surface area (Å²) < 4.78 is 0. The van der Waals surface area contributed by atoms with E-state index >= 15 is 0 Å². The Hall–Kier alpha value is -0.171. The van der Waals surface area contributed by atoms with Gasteiger partial charge in [-0.3, -0.25) is 0 Å². The Morgan fingerprint density at radius 3 is 2.00 bits per heavy atom. The Labute approximate surface area is 73.8 Å². The molecule has 0 saturated heterocycles. The van der Waals surface area contributed by atoms with Crippen molar-refractivity contribution in [3.8, 4) is 0 Å². The van der Waals surface area contributed by atoms with Crippen molar-refractivity contribution < 1.29 is 15.1 Å². The fraction of sp³-hybridized carbons (Fsp3) is 0.143. The molecule has 0 atom stereocenters. The van der Waals surface area contributed by atoms with Crippen LogP contribution >= 0.6 is 10.1 Å². The minimum atomic E-state index is 1.03. The van der Waals surface area contributed by atoms with Gasteiger partial charge in [-0.15, -0.1) is 12.7 Å². The molecule has 0 heterocycles. The molecule has 0 aliphatic carbocycles. The summed E-state index contributed by atoms with van der Waals surface area (Å²) in [5.74, 6) is 0. The molecular weight excluding hydrogens is 188 g/mol. The average Bonchev–Trinajstić information content (AvgIpc) is 2.10. The first-order valence-corrected chi connectivity index (χ1v) is 4.35. The second kappa shape index (κ2) is 6.94. The van der Waals surface area contributed by atoms with Crippen LogP contribution in [0.5, 0.6) is 0 Å². The number of benzene rings is 1. The van der Waals surface area contributed by atoms with Crippen LogP contribution in [0.15, 0.2) is 30.3 Å². The molecule has 0 aliphatic rings. The number of nitrogens with zero attached hydrogens (tertiary/aromatic N) is 1. The number of halogens is 1. The molecule has 0 saturated carbocycles. The Morgan fingerprint density at radius 2 is 1.70 bits per heavy atom. The summed E-state index contributed by atoms with van der Waals surface area (Å²) in [6, 6.07) is 9.87. The van der Waals surface area contributed by atoms with E-state index in [-0.39, 0.29) is 0 Å². The summed E-state index contributed by atoms with van der Waals surface area (Å²) >= 11 is 2.41. The van der Waals surface area contributed by atoms with Crippen molar-refractivity contribution in [3.05, 3.63) is 35.6 Å². The maximum atomic E-state index is 4.45. The molecule has 0 spiro atoms. The number of hydrogen-bond donors (Lipinski definition) is 0. The third-order valence-electron chi connectivity index (χ3n) is 1.01. The average molecular weight is 197 g/mol. The van der Waals surface area contributed by atoms with Gasteiger partial charge in [0, 0.05) is 0 Å². The first-order chi connectivity index (χ1) is 4.93. The van der Waals surface area contributed by atoms with Crippen molar-refractivity contribution in [2.75, 3.05) is 7.05 Å². The van der Waals surface area contributed by atoms with Gasteiger partial charge in [-0.1, -0.05) is 30.3 Å². The second-order valence-electron chi connectivity index (χ2n) is 1.56. The predicted molar refractivity (Wildman–Crippen MR) is 41.2 cm³/mol. The zero-order valence-electron chi connectivity index (χ0n) is 5.59. The number of rotatable bonds is 1. The normalized spacial score (nSPS) is 7.40. The van der Waals surface area contributed by atoms with E-state index in [0.717, 1.165) is 5.69 Å². The van der Waals surface area contributed by atoms with Crippen LogP contribution in [0.25, 0.3) is 5.32 Å². The summed E-state index contributed by atoms with van der Waals surface area (Å²) in [6.07, 6.45) is 0. The van der Waals surface area contributed by atoms with E-state index in [1.165, 1.54) is 0 Å². The van der Waals surface area contributed by atoms with E-state index in [0.29, 0.717) is 0 Å². The summed E-state index contributed by atoms with van der Waals surface area (Å²) in [5, 5.41) is 3.97. The topological polar surface area (TPSA) is 14.1 Å². The molecule has 3 heteroatoms. The first-order valence-electron chi connectivity index (χ1n) is 2.72. The number of hydrogen-bond acceptors (Lipinski definition) is 0. The molecule has 0 fully saturated rings. The van der Waals surface area contributed by atoms with Gasteiger partial charge in [0.05, 0.1) is 0 Å². The van der Waals surface area contributed by atoms with Gasteiger partial charge in [0.1, 0.15) is 0 Å². The van der Waals surface area contributed by atoms with Crippen LogP contribution < -0.4 is 0 Å². The van der Waals surface area contributed by atoms with Gasteiger partial charge in [-0.05, 0) is 0 Å². The quantitative estimate of drug-likeness (QED) is 0.613. The van der Waals surface area contributed by atoms with E-state index in [2.05, 4.69) is 30.5 Å². The van der Waals surface area contributed by atoms with Crippen molar-refractivity contribution in [1.29, 1.82) is 0 Å². The molecular formula is C7H8ClMnN. The molecule has 0 bridgehead atoms. The van der Waals surface area contributed by atoms with E-state index in [1.54, 1.807) is 7.05 Å². The van der Waals surface area contributed by atoms with Crippen LogP contribution in [0, 0.1) is 0 Å². The Bertz CT molecular complexity index is 155. The zero-order valence-corrected chi connectivity index (χ0v) is 7.53. The van der Waals surface area contributed by atoms with Gasteiger partial charge in [-0.25, -0.2) is 0 Å². The molecule has 10 heavy (non-hydrogen) atoms. The van der Waals surface area contributed by atoms with E-state index in [1.807, 2.05) is 30.3 Å². The molecule has 1 rings (SSSR count). The monoisotopic (exact) mass is 196 g/mol. The van der Waals surface area contributed by atoms with E-state index in [9.17, 15) is 0 Å². The third-order valence-corrected chi connectivity index (χ3v) is 1.01. The van der Waals surface area contributed by atoms with Gasteiger partial charge in [0.15, 0.2) is 0 Å². The molecule has 0 unspecified atom stereocenters. The van der Waals surface area contributed by atoms with E-state index in [4.69, 9.17) is 0 Å². The fourth-order valence-electron chi connectivity index (χ4n) is 0.577. The summed E-state index contributed by atoms with van der Waals surface area (Å²) in [4.78, 5) is 0. The van der Waals surface area contributed by atoms with Gasteiger partial charge < -0.3 is 5.32 Å². The molecule has 0 aromatic heterocycles. The van der Waals surface area contributed by atoms with Crippen LogP contribution in [0.4, 0.5) is 5.69 Å². The Morgan fingerprint density at radius 1 is 1.20 bits per heavy atom. The molecule has 1 nitrogen and oxygen atoms in total. The van der Waals surface area contributed by atoms with Crippen LogP contribution in [0.1, 0.15) is 0 Å². The van der Waals surface area contributed by atoms with Crippen LogP contribution in [-0.4, -0.2) is 7.05 Å². The first kappa shape index (κ1) is 9.83. The predicted octanol–water partition coefficient (Wildman–Crippen LogP) is 3.01.